The second-order valence-electron chi connectivity index (χ2n) is 4.87. The zero-order valence-electron chi connectivity index (χ0n) is 9.87. The highest BCUT2D eigenvalue weighted by Gasteiger charge is 2.41. The summed E-state index contributed by atoms with van der Waals surface area (Å²) in [5.41, 5.74) is 0. The Morgan fingerprint density at radius 1 is 1.35 bits per heavy atom. The van der Waals surface area contributed by atoms with Crippen LogP contribution >= 0.6 is 0 Å². The number of likely N-dealkylation sites (tertiary alicyclic amines) is 1. The number of carbonyl (C=O) groups is 2. The lowest BCUT2D eigenvalue weighted by Gasteiger charge is -2.37. The zero-order valence-corrected chi connectivity index (χ0v) is 9.87. The van der Waals surface area contributed by atoms with Gasteiger partial charge in [-0.1, -0.05) is 0 Å². The van der Waals surface area contributed by atoms with E-state index in [1.807, 2.05) is 0 Å². The van der Waals surface area contributed by atoms with Crippen LogP contribution in [0.1, 0.15) is 25.7 Å². The van der Waals surface area contributed by atoms with Crippen molar-refractivity contribution in [1.29, 1.82) is 0 Å². The van der Waals surface area contributed by atoms with Gasteiger partial charge >= 0.3 is 12.0 Å². The molecule has 2 fully saturated rings. The fourth-order valence-corrected chi connectivity index (χ4v) is 2.39. The van der Waals surface area contributed by atoms with Crippen LogP contribution in [-0.2, 0) is 4.79 Å². The van der Waals surface area contributed by atoms with Gasteiger partial charge in [-0.3, -0.25) is 0 Å². The van der Waals surface area contributed by atoms with Crippen molar-refractivity contribution in [2.75, 3.05) is 13.6 Å². The first-order valence-corrected chi connectivity index (χ1v) is 5.95. The number of carboxylic acids is 1. The van der Waals surface area contributed by atoms with Crippen LogP contribution in [0.5, 0.6) is 0 Å². The predicted molar refractivity (Wildman–Crippen MR) is 59.6 cm³/mol. The Morgan fingerprint density at radius 3 is 2.47 bits per heavy atom. The summed E-state index contributed by atoms with van der Waals surface area (Å²) in [4.78, 5) is 26.0. The summed E-state index contributed by atoms with van der Waals surface area (Å²) in [6, 6.07) is -0.937. The zero-order chi connectivity index (χ0) is 12.6. The van der Waals surface area contributed by atoms with E-state index in [0.717, 1.165) is 19.3 Å². The number of carbonyl (C=O) groups excluding carboxylic acids is 1. The van der Waals surface area contributed by atoms with Crippen LogP contribution in [0, 0.1) is 0 Å². The van der Waals surface area contributed by atoms with E-state index in [4.69, 9.17) is 5.11 Å². The Kier molecular flexibility index (Phi) is 3.24. The van der Waals surface area contributed by atoms with Crippen LogP contribution in [-0.4, -0.2) is 63.8 Å². The quantitative estimate of drug-likeness (QED) is 0.720. The molecular weight excluding hydrogens is 224 g/mol. The normalized spacial score (nSPS) is 28.9. The molecular formula is C11H18N2O4. The number of urea groups is 1. The van der Waals surface area contributed by atoms with Gasteiger partial charge in [-0.05, 0) is 19.3 Å². The lowest BCUT2D eigenvalue weighted by atomic mass is 9.92. The molecule has 0 bridgehead atoms. The number of rotatable bonds is 2. The first-order chi connectivity index (χ1) is 8.00. The van der Waals surface area contributed by atoms with Crippen LogP contribution in [0.15, 0.2) is 0 Å². The number of nitrogens with zero attached hydrogens (tertiary/aromatic N) is 2. The minimum Gasteiger partial charge on any atom is -0.480 e. The van der Waals surface area contributed by atoms with Crippen LogP contribution in [0.4, 0.5) is 4.79 Å². The van der Waals surface area contributed by atoms with Gasteiger partial charge < -0.3 is 20.0 Å². The molecule has 1 aliphatic heterocycles. The molecule has 6 nitrogen and oxygen atoms in total. The number of hydrogen-bond acceptors (Lipinski definition) is 3. The molecule has 2 aliphatic rings. The van der Waals surface area contributed by atoms with E-state index in [1.165, 1.54) is 4.90 Å². The molecule has 96 valence electrons. The van der Waals surface area contributed by atoms with Crippen molar-refractivity contribution in [3.63, 3.8) is 0 Å². The summed E-state index contributed by atoms with van der Waals surface area (Å²) in [6.45, 7) is 0.118. The average Bonchev–Trinajstić information content (AvgIpc) is 2.56. The van der Waals surface area contributed by atoms with Crippen molar-refractivity contribution in [2.45, 2.75) is 43.9 Å². The van der Waals surface area contributed by atoms with Gasteiger partial charge in [0.2, 0.25) is 0 Å². The van der Waals surface area contributed by atoms with E-state index >= 15 is 0 Å². The Labute approximate surface area is 99.8 Å². The monoisotopic (exact) mass is 242 g/mol. The van der Waals surface area contributed by atoms with Crippen molar-refractivity contribution in [1.82, 2.24) is 9.80 Å². The molecule has 1 aliphatic carbocycles. The molecule has 2 N–H and O–H groups in total. The summed E-state index contributed by atoms with van der Waals surface area (Å²) in [5, 5.41) is 18.5. The Balaban J connectivity index is 2.04. The second-order valence-corrected chi connectivity index (χ2v) is 4.87. The highest BCUT2D eigenvalue weighted by atomic mass is 16.4. The maximum absolute atomic E-state index is 12.1. The SMILES string of the molecule is CN(C(=O)N1C[C@H](O)C[C@H]1C(=O)O)C1CCC1. The summed E-state index contributed by atoms with van der Waals surface area (Å²) in [7, 11) is 1.70. The molecule has 2 rings (SSSR count). The van der Waals surface area contributed by atoms with Crippen LogP contribution in [0.3, 0.4) is 0 Å². The van der Waals surface area contributed by atoms with Crippen LogP contribution in [0.2, 0.25) is 0 Å². The molecule has 0 aromatic carbocycles. The number of β-amino-alcohol motifs (C(OH)–C–C–N with tert-alkyl or cyclic N) is 1. The van der Waals surface area contributed by atoms with Gasteiger partial charge in [0.1, 0.15) is 6.04 Å². The fraction of sp³-hybridized carbons (Fsp3) is 0.818. The summed E-state index contributed by atoms with van der Waals surface area (Å²) in [6.07, 6.45) is 2.48. The van der Waals surface area contributed by atoms with Gasteiger partial charge in [-0.15, -0.1) is 0 Å². The van der Waals surface area contributed by atoms with Crippen molar-refractivity contribution >= 4 is 12.0 Å². The number of aliphatic carboxylic acids is 1. The molecule has 2 atom stereocenters. The van der Waals surface area contributed by atoms with Crippen LogP contribution < -0.4 is 0 Å². The molecule has 0 radical (unpaired) electrons. The lowest BCUT2D eigenvalue weighted by molar-refractivity contribution is -0.141. The van der Waals surface area contributed by atoms with E-state index in [1.54, 1.807) is 11.9 Å². The third-order valence-electron chi connectivity index (χ3n) is 3.73. The number of amides is 2. The molecule has 1 heterocycles. The van der Waals surface area contributed by atoms with E-state index in [0.29, 0.717) is 0 Å². The minimum absolute atomic E-state index is 0.118. The van der Waals surface area contributed by atoms with Gasteiger partial charge in [0.15, 0.2) is 0 Å². The lowest BCUT2D eigenvalue weighted by Crippen LogP contribution is -2.51. The standard InChI is InChI=1S/C11H18N2O4/c1-12(7-3-2-4-7)11(17)13-6-8(14)5-9(13)10(15)16/h7-9,14H,2-6H2,1H3,(H,15,16)/t8-,9+/m1/s1. The fourth-order valence-electron chi connectivity index (χ4n) is 2.39. The van der Waals surface area contributed by atoms with Gasteiger partial charge in [0.25, 0.3) is 0 Å². The molecule has 6 heteroatoms. The molecule has 1 saturated carbocycles. The summed E-state index contributed by atoms with van der Waals surface area (Å²) in [5.74, 6) is -1.04. The second kappa shape index (κ2) is 4.52. The number of hydrogen-bond donors (Lipinski definition) is 2. The average molecular weight is 242 g/mol. The Hall–Kier alpha value is -1.30. The van der Waals surface area contributed by atoms with Crippen molar-refractivity contribution in [3.05, 3.63) is 0 Å². The molecule has 17 heavy (non-hydrogen) atoms. The largest absolute Gasteiger partial charge is 0.480 e. The van der Waals surface area contributed by atoms with Crippen molar-refractivity contribution < 1.29 is 19.8 Å². The molecule has 1 saturated heterocycles. The van der Waals surface area contributed by atoms with Gasteiger partial charge in [0, 0.05) is 26.1 Å². The summed E-state index contributed by atoms with van der Waals surface area (Å²) >= 11 is 0. The molecule has 0 aromatic heterocycles. The van der Waals surface area contributed by atoms with E-state index in [9.17, 15) is 14.7 Å². The van der Waals surface area contributed by atoms with Gasteiger partial charge in [-0.25, -0.2) is 9.59 Å². The molecule has 0 aromatic rings. The highest BCUT2D eigenvalue weighted by molar-refractivity contribution is 5.83. The Morgan fingerprint density at radius 2 is 2.00 bits per heavy atom. The Bertz CT molecular complexity index is 329. The number of carboxylic acid groups (broad SMARTS) is 1. The molecule has 0 unspecified atom stereocenters. The van der Waals surface area contributed by atoms with Crippen molar-refractivity contribution in [3.8, 4) is 0 Å². The maximum atomic E-state index is 12.1. The van der Waals surface area contributed by atoms with E-state index in [-0.39, 0.29) is 25.0 Å². The minimum atomic E-state index is -1.04. The van der Waals surface area contributed by atoms with Gasteiger partial charge in [-0.2, -0.15) is 0 Å². The van der Waals surface area contributed by atoms with E-state index < -0.39 is 18.1 Å². The third-order valence-corrected chi connectivity index (χ3v) is 3.73. The third kappa shape index (κ3) is 2.22. The predicted octanol–water partition coefficient (Wildman–Crippen LogP) is 0.110. The first-order valence-electron chi connectivity index (χ1n) is 5.95. The van der Waals surface area contributed by atoms with Crippen molar-refractivity contribution in [2.24, 2.45) is 0 Å². The molecule has 0 spiro atoms. The first kappa shape index (κ1) is 12.2. The highest BCUT2D eigenvalue weighted by Crippen LogP contribution is 2.27. The van der Waals surface area contributed by atoms with E-state index in [2.05, 4.69) is 0 Å². The van der Waals surface area contributed by atoms with Gasteiger partial charge in [0.05, 0.1) is 6.10 Å². The van der Waals surface area contributed by atoms with Crippen LogP contribution in [0.25, 0.3) is 0 Å². The number of aliphatic hydroxyl groups is 1. The summed E-state index contributed by atoms with van der Waals surface area (Å²) < 4.78 is 0. The molecule has 2 amide bonds. The number of aliphatic hydroxyl groups excluding tert-OH is 1. The maximum Gasteiger partial charge on any atom is 0.326 e. The smallest absolute Gasteiger partial charge is 0.326 e. The topological polar surface area (TPSA) is 81.1 Å².